The molecule has 0 spiro atoms. The van der Waals surface area contributed by atoms with Crippen LogP contribution in [0.5, 0.6) is 0 Å². The number of nitrogens with zero attached hydrogens (tertiary/aromatic N) is 1. The number of benzene rings is 1. The summed E-state index contributed by atoms with van der Waals surface area (Å²) in [7, 11) is 0. The topological polar surface area (TPSA) is 49.4 Å². The van der Waals surface area contributed by atoms with Crippen LogP contribution >= 0.6 is 0 Å². The smallest absolute Gasteiger partial charge is 0.299 e. The van der Waals surface area contributed by atoms with Gasteiger partial charge < -0.3 is 10.2 Å². The van der Waals surface area contributed by atoms with Crippen LogP contribution < -0.4 is 5.32 Å². The number of carbonyl (C=O) groups excluding carboxylic acids is 2. The maximum atomic E-state index is 11.7. The molecule has 2 amide bonds. The van der Waals surface area contributed by atoms with Crippen LogP contribution in [0.3, 0.4) is 0 Å². The van der Waals surface area contributed by atoms with Gasteiger partial charge in [0.2, 0.25) is 5.91 Å². The van der Waals surface area contributed by atoms with Crippen LogP contribution in [0.2, 0.25) is 0 Å². The van der Waals surface area contributed by atoms with Crippen LogP contribution in [0.4, 0.5) is 0 Å². The quantitative estimate of drug-likeness (QED) is 0.635. The summed E-state index contributed by atoms with van der Waals surface area (Å²) in [5.74, 6) is 4.89. The third kappa shape index (κ3) is 3.08. The summed E-state index contributed by atoms with van der Waals surface area (Å²) >= 11 is 0. The Morgan fingerprint density at radius 1 is 1.29 bits per heavy atom. The van der Waals surface area contributed by atoms with E-state index >= 15 is 0 Å². The first-order chi connectivity index (χ1) is 8.25. The summed E-state index contributed by atoms with van der Waals surface area (Å²) in [4.78, 5) is 24.2. The zero-order valence-electron chi connectivity index (χ0n) is 9.27. The molecule has 1 N–H and O–H groups in total. The van der Waals surface area contributed by atoms with E-state index < -0.39 is 0 Å². The van der Waals surface area contributed by atoms with Gasteiger partial charge in [0.1, 0.15) is 6.54 Å². The van der Waals surface area contributed by atoms with Crippen molar-refractivity contribution in [3.63, 3.8) is 0 Å². The Balaban J connectivity index is 2.02. The van der Waals surface area contributed by atoms with Gasteiger partial charge in [0.05, 0.1) is 0 Å². The second-order valence-corrected chi connectivity index (χ2v) is 3.69. The highest BCUT2D eigenvalue weighted by Gasteiger charge is 2.19. The van der Waals surface area contributed by atoms with E-state index in [9.17, 15) is 9.59 Å². The van der Waals surface area contributed by atoms with E-state index in [1.165, 1.54) is 4.90 Å². The predicted molar refractivity (Wildman–Crippen MR) is 62.9 cm³/mol. The first-order valence-electron chi connectivity index (χ1n) is 5.38. The van der Waals surface area contributed by atoms with Crippen LogP contribution in [0, 0.1) is 11.8 Å². The lowest BCUT2D eigenvalue weighted by Gasteiger charge is -2.24. The van der Waals surface area contributed by atoms with Gasteiger partial charge in [-0.2, -0.15) is 0 Å². The van der Waals surface area contributed by atoms with Crippen molar-refractivity contribution in [2.45, 2.75) is 0 Å². The van der Waals surface area contributed by atoms with Crippen molar-refractivity contribution >= 4 is 11.8 Å². The van der Waals surface area contributed by atoms with Gasteiger partial charge in [-0.05, 0) is 12.1 Å². The van der Waals surface area contributed by atoms with Crippen LogP contribution in [-0.4, -0.2) is 36.3 Å². The van der Waals surface area contributed by atoms with E-state index in [-0.39, 0.29) is 18.4 Å². The SMILES string of the molecule is O=C1CN(C(=O)C#Cc2ccccc2)CCN1. The van der Waals surface area contributed by atoms with Crippen molar-refractivity contribution in [3.05, 3.63) is 35.9 Å². The van der Waals surface area contributed by atoms with E-state index in [2.05, 4.69) is 17.2 Å². The van der Waals surface area contributed by atoms with Gasteiger partial charge >= 0.3 is 0 Å². The van der Waals surface area contributed by atoms with E-state index in [1.54, 1.807) is 0 Å². The Morgan fingerprint density at radius 2 is 2.06 bits per heavy atom. The third-order valence-electron chi connectivity index (χ3n) is 2.41. The molecule has 0 aliphatic carbocycles. The van der Waals surface area contributed by atoms with Crippen molar-refractivity contribution < 1.29 is 9.59 Å². The Labute approximate surface area is 99.6 Å². The van der Waals surface area contributed by atoms with Crippen LogP contribution in [0.15, 0.2) is 30.3 Å². The average Bonchev–Trinajstić information content (AvgIpc) is 2.37. The number of nitrogens with one attached hydrogen (secondary N) is 1. The molecule has 0 unspecified atom stereocenters. The van der Waals surface area contributed by atoms with E-state index in [0.29, 0.717) is 13.1 Å². The molecule has 1 saturated heterocycles. The van der Waals surface area contributed by atoms with Crippen molar-refractivity contribution in [3.8, 4) is 11.8 Å². The van der Waals surface area contributed by atoms with Gasteiger partial charge in [-0.1, -0.05) is 24.1 Å². The highest BCUT2D eigenvalue weighted by molar-refractivity contribution is 5.96. The molecule has 1 aromatic carbocycles. The fraction of sp³-hybridized carbons (Fsp3) is 0.231. The lowest BCUT2D eigenvalue weighted by atomic mass is 10.2. The summed E-state index contributed by atoms with van der Waals surface area (Å²) < 4.78 is 0. The first kappa shape index (κ1) is 11.2. The van der Waals surface area contributed by atoms with Gasteiger partial charge in [-0.25, -0.2) is 0 Å². The van der Waals surface area contributed by atoms with E-state index in [1.807, 2.05) is 30.3 Å². The lowest BCUT2D eigenvalue weighted by Crippen LogP contribution is -2.49. The molecule has 1 fully saturated rings. The van der Waals surface area contributed by atoms with Crippen LogP contribution in [-0.2, 0) is 9.59 Å². The third-order valence-corrected chi connectivity index (χ3v) is 2.41. The fourth-order valence-corrected chi connectivity index (χ4v) is 1.54. The molecule has 4 heteroatoms. The largest absolute Gasteiger partial charge is 0.353 e. The standard InChI is InChI=1S/C13H12N2O2/c16-12-10-15(9-8-14-12)13(17)7-6-11-4-2-1-3-5-11/h1-5H,8-10H2,(H,14,16). The molecule has 0 bridgehead atoms. The number of hydrogen-bond acceptors (Lipinski definition) is 2. The molecule has 1 aliphatic rings. The average molecular weight is 228 g/mol. The van der Waals surface area contributed by atoms with Crippen LogP contribution in [0.25, 0.3) is 0 Å². The minimum absolute atomic E-state index is 0.0995. The summed E-state index contributed by atoms with van der Waals surface area (Å²) in [6.45, 7) is 1.12. The number of hydrogen-bond donors (Lipinski definition) is 1. The Morgan fingerprint density at radius 3 is 2.76 bits per heavy atom. The highest BCUT2D eigenvalue weighted by Crippen LogP contribution is 1.97. The molecule has 0 aromatic heterocycles. The zero-order valence-corrected chi connectivity index (χ0v) is 9.27. The summed E-state index contributed by atoms with van der Waals surface area (Å²) in [5, 5.41) is 2.66. The molecule has 0 saturated carbocycles. The number of carbonyl (C=O) groups is 2. The predicted octanol–water partition coefficient (Wildman–Crippen LogP) is -0.00350. The van der Waals surface area contributed by atoms with Crippen molar-refractivity contribution in [1.82, 2.24) is 10.2 Å². The molecular weight excluding hydrogens is 216 g/mol. The molecule has 1 heterocycles. The molecular formula is C13H12N2O2. The highest BCUT2D eigenvalue weighted by atomic mass is 16.2. The second-order valence-electron chi connectivity index (χ2n) is 3.69. The Bertz CT molecular complexity index is 485. The molecule has 2 rings (SSSR count). The van der Waals surface area contributed by atoms with Gasteiger partial charge in [0, 0.05) is 24.6 Å². The molecule has 0 atom stereocenters. The zero-order chi connectivity index (χ0) is 12.1. The molecule has 1 aromatic rings. The summed E-state index contributed by atoms with van der Waals surface area (Å²) in [6, 6.07) is 9.29. The number of piperazine rings is 1. The normalized spacial score (nSPS) is 14.6. The number of amides is 2. The van der Waals surface area contributed by atoms with Gasteiger partial charge in [0.25, 0.3) is 5.91 Å². The molecule has 1 aliphatic heterocycles. The van der Waals surface area contributed by atoms with E-state index in [4.69, 9.17) is 0 Å². The van der Waals surface area contributed by atoms with Crippen molar-refractivity contribution in [1.29, 1.82) is 0 Å². The minimum atomic E-state index is -0.302. The van der Waals surface area contributed by atoms with Gasteiger partial charge in [0.15, 0.2) is 0 Å². The molecule has 17 heavy (non-hydrogen) atoms. The minimum Gasteiger partial charge on any atom is -0.353 e. The van der Waals surface area contributed by atoms with Gasteiger partial charge in [-0.3, -0.25) is 9.59 Å². The fourth-order valence-electron chi connectivity index (χ4n) is 1.54. The Kier molecular flexibility index (Phi) is 3.41. The van der Waals surface area contributed by atoms with Crippen molar-refractivity contribution in [2.24, 2.45) is 0 Å². The molecule has 0 radical (unpaired) electrons. The van der Waals surface area contributed by atoms with Crippen molar-refractivity contribution in [2.75, 3.05) is 19.6 Å². The number of rotatable bonds is 0. The van der Waals surface area contributed by atoms with E-state index in [0.717, 1.165) is 5.56 Å². The molecule has 4 nitrogen and oxygen atoms in total. The lowest BCUT2D eigenvalue weighted by molar-refractivity contribution is -0.134. The van der Waals surface area contributed by atoms with Crippen LogP contribution in [0.1, 0.15) is 5.56 Å². The first-order valence-corrected chi connectivity index (χ1v) is 5.38. The van der Waals surface area contributed by atoms with Gasteiger partial charge in [-0.15, -0.1) is 0 Å². The second kappa shape index (κ2) is 5.17. The monoisotopic (exact) mass is 228 g/mol. The maximum absolute atomic E-state index is 11.7. The maximum Gasteiger partial charge on any atom is 0.299 e. The Hall–Kier alpha value is -2.28. The summed E-state index contributed by atoms with van der Waals surface area (Å²) in [5.41, 5.74) is 0.794. The molecule has 86 valence electrons. The summed E-state index contributed by atoms with van der Waals surface area (Å²) in [6.07, 6.45) is 0.